The number of benzene rings is 2. The maximum atomic E-state index is 12.4. The van der Waals surface area contributed by atoms with E-state index in [1.807, 2.05) is 0 Å². The summed E-state index contributed by atoms with van der Waals surface area (Å²) in [6, 6.07) is 13.6. The standard InChI is InChI=1S/C21H16BrCl2N3O4/c1-2-30-21(29)17-18(24)16(31-20(17)26-15-8-6-14(23)7-9-15)11-25-27-19(28)12-4-3-5-13(22)10-12/h3-11,26H,2H2,1H3,(H,27,28)/b25-11-. The lowest BCUT2D eigenvalue weighted by atomic mass is 10.2. The summed E-state index contributed by atoms with van der Waals surface area (Å²) in [6.07, 6.45) is 1.20. The molecule has 0 unspecified atom stereocenters. The van der Waals surface area contributed by atoms with Crippen LogP contribution in [0.4, 0.5) is 11.6 Å². The minimum Gasteiger partial charge on any atom is -0.462 e. The normalized spacial score (nSPS) is 10.8. The molecule has 1 amide bonds. The van der Waals surface area contributed by atoms with Crippen LogP contribution in [0.15, 0.2) is 62.5 Å². The third-order valence-electron chi connectivity index (χ3n) is 3.89. The van der Waals surface area contributed by atoms with Crippen LogP contribution in [0.5, 0.6) is 0 Å². The van der Waals surface area contributed by atoms with Crippen molar-refractivity contribution in [3.05, 3.63) is 79.9 Å². The van der Waals surface area contributed by atoms with Crippen molar-refractivity contribution in [2.45, 2.75) is 6.92 Å². The fourth-order valence-electron chi connectivity index (χ4n) is 2.49. The van der Waals surface area contributed by atoms with Gasteiger partial charge in [-0.15, -0.1) is 0 Å². The first-order valence-corrected chi connectivity index (χ1v) is 10.5. The zero-order valence-corrected chi connectivity index (χ0v) is 19.2. The molecule has 0 fully saturated rings. The van der Waals surface area contributed by atoms with Gasteiger partial charge >= 0.3 is 5.97 Å². The van der Waals surface area contributed by atoms with Crippen LogP contribution in [0, 0.1) is 0 Å². The first kappa shape index (κ1) is 22.9. The van der Waals surface area contributed by atoms with Crippen molar-refractivity contribution in [2.75, 3.05) is 11.9 Å². The molecule has 0 aliphatic carbocycles. The number of hydrazone groups is 1. The molecule has 31 heavy (non-hydrogen) atoms. The molecule has 0 bridgehead atoms. The van der Waals surface area contributed by atoms with Gasteiger partial charge in [0.05, 0.1) is 12.8 Å². The van der Waals surface area contributed by atoms with Gasteiger partial charge < -0.3 is 14.5 Å². The molecular weight excluding hydrogens is 509 g/mol. The lowest BCUT2D eigenvalue weighted by Gasteiger charge is -2.06. The molecule has 7 nitrogen and oxygen atoms in total. The lowest BCUT2D eigenvalue weighted by Crippen LogP contribution is -2.17. The monoisotopic (exact) mass is 523 g/mol. The van der Waals surface area contributed by atoms with E-state index < -0.39 is 11.9 Å². The summed E-state index contributed by atoms with van der Waals surface area (Å²) >= 11 is 15.5. The second-order valence-corrected chi connectivity index (χ2v) is 7.78. The van der Waals surface area contributed by atoms with Crippen molar-refractivity contribution in [3.8, 4) is 0 Å². The van der Waals surface area contributed by atoms with Crippen LogP contribution in [-0.4, -0.2) is 24.7 Å². The molecule has 3 aromatic rings. The second kappa shape index (κ2) is 10.5. The number of esters is 1. The fraction of sp³-hybridized carbons (Fsp3) is 0.0952. The van der Waals surface area contributed by atoms with Crippen LogP contribution in [0.3, 0.4) is 0 Å². The summed E-state index contributed by atoms with van der Waals surface area (Å²) in [5.74, 6) is -0.947. The van der Waals surface area contributed by atoms with Crippen molar-refractivity contribution in [3.63, 3.8) is 0 Å². The summed E-state index contributed by atoms with van der Waals surface area (Å²) < 4.78 is 11.5. The first-order valence-electron chi connectivity index (χ1n) is 9.00. The number of rotatable bonds is 7. The number of ether oxygens (including phenoxy) is 1. The number of nitrogens with zero attached hydrogens (tertiary/aromatic N) is 1. The Balaban J connectivity index is 1.84. The molecule has 0 saturated heterocycles. The smallest absolute Gasteiger partial charge is 0.345 e. The highest BCUT2D eigenvalue weighted by Crippen LogP contribution is 2.34. The Kier molecular flexibility index (Phi) is 7.73. The van der Waals surface area contributed by atoms with Crippen LogP contribution >= 0.6 is 39.1 Å². The summed E-state index contributed by atoms with van der Waals surface area (Å²) in [4.78, 5) is 24.6. The minimum atomic E-state index is -0.662. The van der Waals surface area contributed by atoms with E-state index in [1.165, 1.54) is 6.21 Å². The SMILES string of the molecule is CCOC(=O)c1c(Nc2ccc(Cl)cc2)oc(/C=N\NC(=O)c2cccc(Br)c2)c1Cl. The molecule has 10 heteroatoms. The number of hydrogen-bond acceptors (Lipinski definition) is 6. The predicted molar refractivity (Wildman–Crippen MR) is 124 cm³/mol. The Labute approximate surface area is 196 Å². The number of halogens is 3. The molecule has 0 atom stereocenters. The van der Waals surface area contributed by atoms with E-state index in [4.69, 9.17) is 32.4 Å². The van der Waals surface area contributed by atoms with Crippen LogP contribution in [0.25, 0.3) is 0 Å². The quantitative estimate of drug-likeness (QED) is 0.223. The summed E-state index contributed by atoms with van der Waals surface area (Å²) in [5.41, 5.74) is 3.42. The summed E-state index contributed by atoms with van der Waals surface area (Å²) in [6.45, 7) is 1.84. The molecule has 0 radical (unpaired) electrons. The van der Waals surface area contributed by atoms with Crippen LogP contribution in [0.1, 0.15) is 33.4 Å². The maximum absolute atomic E-state index is 12.4. The van der Waals surface area contributed by atoms with Gasteiger partial charge in [0.25, 0.3) is 5.91 Å². The average molecular weight is 525 g/mol. The van der Waals surface area contributed by atoms with Crippen molar-refractivity contribution in [1.82, 2.24) is 5.43 Å². The molecule has 1 aromatic heterocycles. The van der Waals surface area contributed by atoms with Gasteiger partial charge in [-0.2, -0.15) is 5.10 Å². The van der Waals surface area contributed by atoms with Gasteiger partial charge in [0.2, 0.25) is 5.88 Å². The van der Waals surface area contributed by atoms with Gasteiger partial charge in [-0.05, 0) is 49.4 Å². The number of furan rings is 1. The third-order valence-corrected chi connectivity index (χ3v) is 5.01. The third kappa shape index (κ3) is 5.88. The highest BCUT2D eigenvalue weighted by Gasteiger charge is 2.25. The number of hydrogen-bond donors (Lipinski definition) is 2. The maximum Gasteiger partial charge on any atom is 0.345 e. The van der Waals surface area contributed by atoms with E-state index in [9.17, 15) is 9.59 Å². The van der Waals surface area contributed by atoms with E-state index in [0.29, 0.717) is 16.3 Å². The van der Waals surface area contributed by atoms with Gasteiger partial charge in [0, 0.05) is 20.7 Å². The van der Waals surface area contributed by atoms with E-state index in [2.05, 4.69) is 31.8 Å². The van der Waals surface area contributed by atoms with E-state index in [1.54, 1.807) is 55.5 Å². The van der Waals surface area contributed by atoms with Crippen molar-refractivity contribution < 1.29 is 18.7 Å². The number of anilines is 2. The van der Waals surface area contributed by atoms with E-state index in [0.717, 1.165) is 4.47 Å². The van der Waals surface area contributed by atoms with E-state index in [-0.39, 0.29) is 28.8 Å². The molecule has 0 aliphatic heterocycles. The zero-order valence-electron chi connectivity index (χ0n) is 16.1. The van der Waals surface area contributed by atoms with Gasteiger partial charge in [-0.25, -0.2) is 10.2 Å². The molecule has 2 N–H and O–H groups in total. The Morgan fingerprint density at radius 3 is 2.61 bits per heavy atom. The molecule has 3 rings (SSSR count). The molecule has 0 saturated carbocycles. The molecule has 0 spiro atoms. The zero-order chi connectivity index (χ0) is 22.4. The Morgan fingerprint density at radius 1 is 1.19 bits per heavy atom. The average Bonchev–Trinajstić information content (AvgIpc) is 3.04. The number of nitrogens with one attached hydrogen (secondary N) is 2. The fourth-order valence-corrected chi connectivity index (χ4v) is 3.27. The number of carbonyl (C=O) groups is 2. The highest BCUT2D eigenvalue weighted by molar-refractivity contribution is 9.10. The van der Waals surface area contributed by atoms with Gasteiger partial charge in [0.1, 0.15) is 10.6 Å². The molecule has 0 aliphatic rings. The number of carbonyl (C=O) groups excluding carboxylic acids is 2. The molecule has 1 heterocycles. The first-order chi connectivity index (χ1) is 14.9. The lowest BCUT2D eigenvalue weighted by molar-refractivity contribution is 0.0527. The molecular formula is C21H16BrCl2N3O4. The molecule has 160 valence electrons. The van der Waals surface area contributed by atoms with Gasteiger partial charge in [0.15, 0.2) is 5.76 Å². The van der Waals surface area contributed by atoms with Crippen molar-refractivity contribution >= 4 is 68.8 Å². The minimum absolute atomic E-state index is 0.00429. The molecule has 2 aromatic carbocycles. The van der Waals surface area contributed by atoms with Gasteiger partial charge in [-0.3, -0.25) is 4.79 Å². The van der Waals surface area contributed by atoms with Gasteiger partial charge in [-0.1, -0.05) is 45.2 Å². The topological polar surface area (TPSA) is 92.9 Å². The van der Waals surface area contributed by atoms with E-state index >= 15 is 0 Å². The number of amides is 1. The largest absolute Gasteiger partial charge is 0.462 e. The van der Waals surface area contributed by atoms with Crippen LogP contribution in [0.2, 0.25) is 10.0 Å². The Hall–Kier alpha value is -2.81. The predicted octanol–water partition coefficient (Wildman–Crippen LogP) is 6.03. The Bertz CT molecular complexity index is 1130. The summed E-state index contributed by atoms with van der Waals surface area (Å²) in [5, 5.41) is 7.39. The Morgan fingerprint density at radius 2 is 1.94 bits per heavy atom. The van der Waals surface area contributed by atoms with Crippen LogP contribution in [-0.2, 0) is 4.74 Å². The van der Waals surface area contributed by atoms with Crippen LogP contribution < -0.4 is 10.7 Å². The van der Waals surface area contributed by atoms with Crippen molar-refractivity contribution in [2.24, 2.45) is 5.10 Å². The highest BCUT2D eigenvalue weighted by atomic mass is 79.9. The summed E-state index contributed by atoms with van der Waals surface area (Å²) in [7, 11) is 0. The second-order valence-electron chi connectivity index (χ2n) is 6.05. The van der Waals surface area contributed by atoms with Crippen molar-refractivity contribution in [1.29, 1.82) is 0 Å².